The second-order valence-corrected chi connectivity index (χ2v) is 15.5. The molecule has 1 saturated carbocycles. The van der Waals surface area contributed by atoms with Crippen LogP contribution in [0.4, 0.5) is 0 Å². The summed E-state index contributed by atoms with van der Waals surface area (Å²) in [6, 6.07) is 5.89. The lowest BCUT2D eigenvalue weighted by molar-refractivity contribution is 0.0696. The fourth-order valence-corrected chi connectivity index (χ4v) is 10.0. The number of carbonyl (C=O) groups excluding carboxylic acids is 1. The monoisotopic (exact) mass is 496 g/mol. The number of hydrogen-bond acceptors (Lipinski definition) is 5. The number of sulfone groups is 1. The van der Waals surface area contributed by atoms with Crippen molar-refractivity contribution in [1.82, 2.24) is 9.21 Å². The number of hydrogen-bond donors (Lipinski definition) is 0. The normalized spacial score (nSPS) is 30.9. The molecule has 0 N–H and O–H groups in total. The van der Waals surface area contributed by atoms with Crippen LogP contribution in [0.2, 0.25) is 0 Å². The van der Waals surface area contributed by atoms with Gasteiger partial charge in [-0.2, -0.15) is 4.31 Å². The van der Waals surface area contributed by atoms with Crippen LogP contribution in [0.15, 0.2) is 29.2 Å². The minimum Gasteiger partial charge on any atom is -0.335 e. The lowest BCUT2D eigenvalue weighted by atomic mass is 9.65. The first-order valence-corrected chi connectivity index (χ1v) is 15.1. The summed E-state index contributed by atoms with van der Waals surface area (Å²) in [6.45, 7) is 9.48. The Labute approximate surface area is 198 Å². The van der Waals surface area contributed by atoms with Gasteiger partial charge in [0.25, 0.3) is 5.91 Å². The van der Waals surface area contributed by atoms with E-state index < -0.39 is 19.9 Å². The Kier molecular flexibility index (Phi) is 6.24. The summed E-state index contributed by atoms with van der Waals surface area (Å²) in [5, 5.41) is 0. The van der Waals surface area contributed by atoms with Crippen LogP contribution >= 0.6 is 0 Å². The van der Waals surface area contributed by atoms with E-state index in [9.17, 15) is 21.6 Å². The molecule has 2 bridgehead atoms. The molecule has 2 aliphatic heterocycles. The molecular formula is C24H36N2O5S2. The first kappa shape index (κ1) is 24.7. The van der Waals surface area contributed by atoms with Crippen molar-refractivity contribution in [2.45, 2.75) is 76.8 Å². The van der Waals surface area contributed by atoms with Gasteiger partial charge in [-0.25, -0.2) is 16.8 Å². The van der Waals surface area contributed by atoms with Crippen LogP contribution in [0.25, 0.3) is 0 Å². The largest absolute Gasteiger partial charge is 0.335 e. The molecule has 0 spiro atoms. The van der Waals surface area contributed by atoms with Gasteiger partial charge in [-0.05, 0) is 61.1 Å². The van der Waals surface area contributed by atoms with Crippen molar-refractivity contribution in [1.29, 1.82) is 0 Å². The average molecular weight is 497 g/mol. The van der Waals surface area contributed by atoms with E-state index in [4.69, 9.17) is 0 Å². The summed E-state index contributed by atoms with van der Waals surface area (Å²) in [7, 11) is -6.88. The highest BCUT2D eigenvalue weighted by molar-refractivity contribution is 7.91. The van der Waals surface area contributed by atoms with E-state index in [-0.39, 0.29) is 45.2 Å². The third-order valence-corrected chi connectivity index (χ3v) is 11.1. The van der Waals surface area contributed by atoms with Crippen LogP contribution in [0.3, 0.4) is 0 Å². The van der Waals surface area contributed by atoms with E-state index in [0.29, 0.717) is 31.5 Å². The van der Waals surface area contributed by atoms with Gasteiger partial charge in [0.15, 0.2) is 9.84 Å². The molecule has 1 aromatic rings. The molecule has 1 amide bonds. The van der Waals surface area contributed by atoms with Gasteiger partial charge in [0.1, 0.15) is 0 Å². The molecule has 4 rings (SSSR count). The van der Waals surface area contributed by atoms with E-state index in [1.807, 2.05) is 6.92 Å². The molecule has 3 fully saturated rings. The van der Waals surface area contributed by atoms with Gasteiger partial charge in [-0.15, -0.1) is 0 Å². The highest BCUT2D eigenvalue weighted by atomic mass is 32.2. The SMILES string of the molecule is CCCN(C(=O)c1cccc(S(=O)(=O)N2C[C@@]3(C)C[C@H]2CC(C)(C)C3)c1)[C@@H]1CCS(=O)(=O)C1. The summed E-state index contributed by atoms with van der Waals surface area (Å²) in [6.07, 6.45) is 3.83. The fourth-order valence-electron chi connectivity index (χ4n) is 6.49. The van der Waals surface area contributed by atoms with E-state index in [2.05, 4.69) is 20.8 Å². The number of benzene rings is 1. The van der Waals surface area contributed by atoms with Crippen LogP contribution in [0, 0.1) is 10.8 Å². The molecule has 33 heavy (non-hydrogen) atoms. The van der Waals surface area contributed by atoms with Gasteiger partial charge >= 0.3 is 0 Å². The Hall–Kier alpha value is -1.45. The number of amides is 1. The van der Waals surface area contributed by atoms with Crippen molar-refractivity contribution in [3.8, 4) is 0 Å². The third-order valence-electron chi connectivity index (χ3n) is 7.43. The molecule has 3 aliphatic rings. The maximum Gasteiger partial charge on any atom is 0.254 e. The minimum atomic E-state index is -3.75. The molecular weight excluding hydrogens is 460 g/mol. The average Bonchev–Trinajstić information content (AvgIpc) is 3.20. The summed E-state index contributed by atoms with van der Waals surface area (Å²) in [5.74, 6) is -0.241. The standard InChI is InChI=1S/C24H36N2O5S2/c1-5-10-25(19-9-11-32(28,29)15-19)22(27)18-7-6-8-21(12-18)33(30,31)26-17-24(4)14-20(26)13-23(2,3)16-24/h6-8,12,19-20H,5,9-11,13-17H2,1-4H3/t19-,20-,24+/m1/s1. The van der Waals surface area contributed by atoms with E-state index in [0.717, 1.165) is 19.3 Å². The summed E-state index contributed by atoms with van der Waals surface area (Å²) >= 11 is 0. The molecule has 0 aromatic heterocycles. The molecule has 2 saturated heterocycles. The molecule has 1 aromatic carbocycles. The molecule has 0 unspecified atom stereocenters. The van der Waals surface area contributed by atoms with Crippen LogP contribution in [-0.4, -0.2) is 68.6 Å². The zero-order chi connectivity index (χ0) is 24.2. The van der Waals surface area contributed by atoms with Gasteiger partial charge < -0.3 is 4.90 Å². The molecule has 3 atom stereocenters. The van der Waals surface area contributed by atoms with Crippen molar-refractivity contribution in [3.63, 3.8) is 0 Å². The maximum atomic E-state index is 13.7. The number of sulfonamides is 1. The molecule has 7 nitrogen and oxygen atoms in total. The molecule has 184 valence electrons. The second-order valence-electron chi connectivity index (χ2n) is 11.3. The Bertz CT molecular complexity index is 1150. The predicted octanol–water partition coefficient (Wildman–Crippen LogP) is 3.32. The van der Waals surface area contributed by atoms with Gasteiger partial charge in [0, 0.05) is 30.7 Å². The summed E-state index contributed by atoms with van der Waals surface area (Å²) < 4.78 is 52.9. The minimum absolute atomic E-state index is 0.0246. The summed E-state index contributed by atoms with van der Waals surface area (Å²) in [5.41, 5.74) is 0.364. The lowest BCUT2D eigenvalue weighted by Gasteiger charge is -2.39. The summed E-state index contributed by atoms with van der Waals surface area (Å²) in [4.78, 5) is 15.1. The van der Waals surface area contributed by atoms with Gasteiger partial charge in [-0.1, -0.05) is 33.8 Å². The van der Waals surface area contributed by atoms with Crippen molar-refractivity contribution >= 4 is 25.8 Å². The number of fused-ring (bicyclic) bond motifs is 2. The van der Waals surface area contributed by atoms with E-state index in [1.165, 1.54) is 6.07 Å². The highest BCUT2D eigenvalue weighted by Crippen LogP contribution is 2.53. The first-order chi connectivity index (χ1) is 15.3. The van der Waals surface area contributed by atoms with Gasteiger partial charge in [-0.3, -0.25) is 4.79 Å². The first-order valence-electron chi connectivity index (χ1n) is 11.9. The number of nitrogens with zero attached hydrogens (tertiary/aromatic N) is 2. The van der Waals surface area contributed by atoms with Crippen LogP contribution in [0.5, 0.6) is 0 Å². The maximum absolute atomic E-state index is 13.7. The van der Waals surface area contributed by atoms with Crippen LogP contribution < -0.4 is 0 Å². The zero-order valence-electron chi connectivity index (χ0n) is 20.1. The number of carbonyl (C=O) groups is 1. The Balaban J connectivity index is 1.61. The lowest BCUT2D eigenvalue weighted by Crippen LogP contribution is -2.41. The molecule has 2 heterocycles. The van der Waals surface area contributed by atoms with Gasteiger partial charge in [0.05, 0.1) is 16.4 Å². The van der Waals surface area contributed by atoms with Crippen molar-refractivity contribution < 1.29 is 21.6 Å². The quantitative estimate of drug-likeness (QED) is 0.603. The van der Waals surface area contributed by atoms with Gasteiger partial charge in [0.2, 0.25) is 10.0 Å². The van der Waals surface area contributed by atoms with Crippen molar-refractivity contribution in [2.75, 3.05) is 24.6 Å². The third kappa shape index (κ3) is 4.86. The second kappa shape index (κ2) is 8.34. The smallest absolute Gasteiger partial charge is 0.254 e. The van der Waals surface area contributed by atoms with Crippen molar-refractivity contribution in [3.05, 3.63) is 29.8 Å². The predicted molar refractivity (Wildman–Crippen MR) is 128 cm³/mol. The molecule has 0 radical (unpaired) electrons. The van der Waals surface area contributed by atoms with Crippen LogP contribution in [-0.2, 0) is 19.9 Å². The Morgan fingerprint density at radius 2 is 1.94 bits per heavy atom. The van der Waals surface area contributed by atoms with E-state index >= 15 is 0 Å². The molecule has 9 heteroatoms. The Morgan fingerprint density at radius 1 is 1.21 bits per heavy atom. The number of rotatable bonds is 6. The topological polar surface area (TPSA) is 91.8 Å². The fraction of sp³-hybridized carbons (Fsp3) is 0.708. The molecule has 1 aliphatic carbocycles. The highest BCUT2D eigenvalue weighted by Gasteiger charge is 2.53. The van der Waals surface area contributed by atoms with E-state index in [1.54, 1.807) is 27.4 Å². The zero-order valence-corrected chi connectivity index (χ0v) is 21.7. The van der Waals surface area contributed by atoms with Crippen LogP contribution in [0.1, 0.15) is 70.2 Å². The Morgan fingerprint density at radius 3 is 2.58 bits per heavy atom. The van der Waals surface area contributed by atoms with Crippen molar-refractivity contribution in [2.24, 2.45) is 10.8 Å².